The van der Waals surface area contributed by atoms with E-state index in [1.807, 2.05) is 164 Å². The Bertz CT molecular complexity index is 7990. The second-order valence-corrected chi connectivity index (χ2v) is 29.9. The molecule has 24 aromatic rings. The number of hydrogen-bond donors (Lipinski definition) is 0. The van der Waals surface area contributed by atoms with Crippen molar-refractivity contribution in [1.82, 2.24) is 39.9 Å². The van der Waals surface area contributed by atoms with Gasteiger partial charge in [-0.2, -0.15) is 0 Å². The largest absolute Gasteiger partial charge is 0.456 e. The second kappa shape index (κ2) is 28.4. The number of para-hydroxylation sites is 3. The quantitative estimate of drug-likeness (QED) is 0.114. The van der Waals surface area contributed by atoms with Crippen LogP contribution in [0.4, 0.5) is 0 Å². The molecule has 0 aliphatic carbocycles. The summed E-state index contributed by atoms with van der Waals surface area (Å²) in [4.78, 5) is 40.1. The van der Waals surface area contributed by atoms with Crippen LogP contribution in [0.2, 0.25) is 0 Å². The van der Waals surface area contributed by atoms with Crippen molar-refractivity contribution in [3.8, 4) is 124 Å². The first-order chi connectivity index (χ1) is 58.9. The van der Waals surface area contributed by atoms with E-state index in [0.717, 1.165) is 177 Å². The molecular weight excluding hydrogens is 1460 g/mol. The first-order valence-electron chi connectivity index (χ1n) is 39.8. The van der Waals surface area contributed by atoms with Gasteiger partial charge in [0.25, 0.3) is 0 Å². The molecule has 11 nitrogen and oxygen atoms in total. The van der Waals surface area contributed by atoms with Crippen LogP contribution in [0.25, 0.3) is 244 Å². The number of benzene rings is 17. The smallest absolute Gasteiger partial charge is 0.164 e. The maximum Gasteiger partial charge on any atom is 0.164 e. The van der Waals surface area contributed by atoms with Gasteiger partial charge in [0.2, 0.25) is 0 Å². The summed E-state index contributed by atoms with van der Waals surface area (Å²) in [6, 6.07) is 134. The van der Waals surface area contributed by atoms with Crippen LogP contribution in [0, 0.1) is 0 Å². The highest BCUT2D eigenvalue weighted by molar-refractivity contribution is 6.27. The molecular formula is C108H64N8O3. The van der Waals surface area contributed by atoms with E-state index in [1.54, 1.807) is 0 Å². The predicted molar refractivity (Wildman–Crippen MR) is 484 cm³/mol. The Balaban J connectivity index is 0.000000139. The van der Waals surface area contributed by atoms with Gasteiger partial charge < -0.3 is 13.3 Å². The predicted octanol–water partition coefficient (Wildman–Crippen LogP) is 28.3. The van der Waals surface area contributed by atoms with Gasteiger partial charge in [-0.15, -0.1) is 0 Å². The Hall–Kier alpha value is -16.2. The van der Waals surface area contributed by atoms with E-state index in [-0.39, 0.29) is 0 Å². The molecule has 0 bridgehead atoms. The fourth-order valence-corrected chi connectivity index (χ4v) is 17.1. The summed E-state index contributed by atoms with van der Waals surface area (Å²) in [6.45, 7) is 0. The Morgan fingerprint density at radius 1 is 0.151 bits per heavy atom. The van der Waals surface area contributed by atoms with Gasteiger partial charge in [0.15, 0.2) is 46.1 Å². The molecule has 7 aromatic heterocycles. The summed E-state index contributed by atoms with van der Waals surface area (Å²) in [5.41, 5.74) is 22.5. The zero-order chi connectivity index (χ0) is 78.4. The van der Waals surface area contributed by atoms with Crippen molar-refractivity contribution >= 4 is 120 Å². The highest BCUT2D eigenvalue weighted by Gasteiger charge is 2.24. The molecule has 0 spiro atoms. The molecule has 119 heavy (non-hydrogen) atoms. The lowest BCUT2D eigenvalue weighted by atomic mass is 9.91. The SMILES string of the molecule is c1ccc(-c2nc(-c3ccccc3)nc(-c3ccc(-c4nc5ccc(-c6ccc(-c7cccc8oc9ccccc9c78)cc6)cc5c5c4oc4ccccc45)cc3)n2)cc1.c1ccc(-c2nc(-c3ccccc3)nc(-c3ccc(-c4nc5ccc(-c6ccc7c8ccccc8c8ccccc8c7c6)cc5c5c4oc4ccccc45)cc3)n2)cc1. The average Bonchev–Trinajstić information content (AvgIpc) is 1.52. The highest BCUT2D eigenvalue weighted by atomic mass is 16.3. The monoisotopic (exact) mass is 1520 g/mol. The molecule has 0 amide bonds. The van der Waals surface area contributed by atoms with Crippen molar-refractivity contribution in [2.24, 2.45) is 0 Å². The van der Waals surface area contributed by atoms with Crippen molar-refractivity contribution in [3.63, 3.8) is 0 Å². The molecule has 0 N–H and O–H groups in total. The molecule has 0 aliphatic heterocycles. The van der Waals surface area contributed by atoms with Crippen molar-refractivity contribution in [1.29, 1.82) is 0 Å². The number of fused-ring (bicyclic) bond motifs is 19. The standard InChI is InChI=1S/C54H32N4O2.C54H32N4O/c1-3-12-36(13-4-1)52-56-53(37-14-5-2-6-15-37)58-54(57-52)38-28-26-35(27-29-38)50-51-49(42-17-8-10-20-46(42)60-51)43-32-39(30-31-44(43)55-50)33-22-24-34(25-23-33)40-18-11-21-47-48(40)41-16-7-9-19-45(41)59-47;1-3-13-34(14-4-1)52-56-53(35-15-5-2-6-16-35)58-54(57-52)36-25-23-33(24-26-36)50-51-49(44-21-11-12-22-48(44)59-51)46-32-38(28-30-47(46)55-50)37-27-29-43-41-19-8-7-17-39(41)40-18-9-10-20-42(40)45(43)31-37/h1-32H;1-32H. The van der Waals surface area contributed by atoms with Gasteiger partial charge in [0.1, 0.15) is 33.7 Å². The van der Waals surface area contributed by atoms with Crippen LogP contribution >= 0.6 is 0 Å². The molecule has 0 saturated carbocycles. The van der Waals surface area contributed by atoms with Crippen molar-refractivity contribution < 1.29 is 13.3 Å². The third-order valence-electron chi connectivity index (χ3n) is 22.9. The van der Waals surface area contributed by atoms with E-state index in [9.17, 15) is 0 Å². The molecule has 17 aromatic carbocycles. The maximum absolute atomic E-state index is 6.69. The molecule has 0 atom stereocenters. The van der Waals surface area contributed by atoms with Crippen LogP contribution in [0.3, 0.4) is 0 Å². The first-order valence-corrected chi connectivity index (χ1v) is 39.8. The fourth-order valence-electron chi connectivity index (χ4n) is 17.1. The average molecular weight is 1520 g/mol. The summed E-state index contributed by atoms with van der Waals surface area (Å²) in [5.74, 6) is 3.71. The summed E-state index contributed by atoms with van der Waals surface area (Å²) >= 11 is 0. The Kier molecular flexibility index (Phi) is 16.3. The Morgan fingerprint density at radius 3 is 0.840 bits per heavy atom. The maximum atomic E-state index is 6.69. The zero-order valence-corrected chi connectivity index (χ0v) is 63.8. The van der Waals surface area contributed by atoms with E-state index in [1.165, 1.54) is 32.3 Å². The molecule has 0 unspecified atom stereocenters. The molecule has 554 valence electrons. The van der Waals surface area contributed by atoms with Crippen molar-refractivity contribution in [2.45, 2.75) is 0 Å². The van der Waals surface area contributed by atoms with Gasteiger partial charge >= 0.3 is 0 Å². The van der Waals surface area contributed by atoms with E-state index in [4.69, 9.17) is 53.1 Å². The number of pyridine rings is 2. The van der Waals surface area contributed by atoms with Crippen LogP contribution < -0.4 is 0 Å². The van der Waals surface area contributed by atoms with Crippen LogP contribution in [0.15, 0.2) is 401 Å². The van der Waals surface area contributed by atoms with E-state index in [2.05, 4.69) is 224 Å². The van der Waals surface area contributed by atoms with Crippen LogP contribution in [-0.2, 0) is 0 Å². The number of hydrogen-bond acceptors (Lipinski definition) is 11. The van der Waals surface area contributed by atoms with Gasteiger partial charge in [-0.05, 0) is 120 Å². The molecule has 7 heterocycles. The lowest BCUT2D eigenvalue weighted by Crippen LogP contribution is -2.00. The summed E-state index contributed by atoms with van der Waals surface area (Å²) in [7, 11) is 0. The molecule has 0 fully saturated rings. The minimum absolute atomic E-state index is 0.599. The van der Waals surface area contributed by atoms with Crippen LogP contribution in [0.1, 0.15) is 0 Å². The fraction of sp³-hybridized carbons (Fsp3) is 0. The number of furan rings is 3. The highest BCUT2D eigenvalue weighted by Crippen LogP contribution is 2.46. The minimum Gasteiger partial charge on any atom is -0.456 e. The molecule has 0 saturated heterocycles. The summed E-state index contributed by atoms with van der Waals surface area (Å²) in [5, 5.41) is 16.2. The van der Waals surface area contributed by atoms with E-state index in [0.29, 0.717) is 34.9 Å². The first kappa shape index (κ1) is 68.4. The number of aromatic nitrogens is 8. The third-order valence-corrected chi connectivity index (χ3v) is 22.9. The van der Waals surface area contributed by atoms with Gasteiger partial charge in [0.05, 0.1) is 11.0 Å². The summed E-state index contributed by atoms with van der Waals surface area (Å²) in [6.07, 6.45) is 0. The minimum atomic E-state index is 0.599. The molecule has 24 rings (SSSR count). The molecule has 11 heteroatoms. The van der Waals surface area contributed by atoms with Crippen molar-refractivity contribution in [2.75, 3.05) is 0 Å². The Morgan fingerprint density at radius 2 is 0.429 bits per heavy atom. The number of rotatable bonds is 11. The van der Waals surface area contributed by atoms with Crippen LogP contribution in [-0.4, -0.2) is 39.9 Å². The normalized spacial score (nSPS) is 11.7. The Labute approximate surface area is 681 Å². The second-order valence-electron chi connectivity index (χ2n) is 29.9. The van der Waals surface area contributed by atoms with E-state index < -0.39 is 0 Å². The lowest BCUT2D eigenvalue weighted by molar-refractivity contribution is 0.668. The zero-order valence-electron chi connectivity index (χ0n) is 63.8. The van der Waals surface area contributed by atoms with Gasteiger partial charge in [-0.25, -0.2) is 39.9 Å². The molecule has 0 aliphatic rings. The topological polar surface area (TPSA) is 143 Å². The summed E-state index contributed by atoms with van der Waals surface area (Å²) < 4.78 is 19.5. The van der Waals surface area contributed by atoms with Gasteiger partial charge in [-0.1, -0.05) is 334 Å². The van der Waals surface area contributed by atoms with Crippen LogP contribution in [0.5, 0.6) is 0 Å². The van der Waals surface area contributed by atoms with Gasteiger partial charge in [-0.3, -0.25) is 0 Å². The van der Waals surface area contributed by atoms with Crippen molar-refractivity contribution in [3.05, 3.63) is 388 Å². The third kappa shape index (κ3) is 12.1. The molecule has 0 radical (unpaired) electrons. The lowest BCUT2D eigenvalue weighted by Gasteiger charge is -2.13. The van der Waals surface area contributed by atoms with E-state index >= 15 is 0 Å². The van der Waals surface area contributed by atoms with Gasteiger partial charge in [0, 0.05) is 87.6 Å². The number of nitrogens with zero attached hydrogens (tertiary/aromatic N) is 8.